The number of primary amides is 1. The number of nitrogens with zero attached hydrogens (tertiary/aromatic N) is 1. The van der Waals surface area contributed by atoms with Gasteiger partial charge in [0.25, 0.3) is 0 Å². The molecule has 0 spiro atoms. The van der Waals surface area contributed by atoms with Crippen molar-refractivity contribution in [2.75, 3.05) is 11.9 Å². The van der Waals surface area contributed by atoms with Gasteiger partial charge in [-0.05, 0) is 23.8 Å². The highest BCUT2D eigenvalue weighted by molar-refractivity contribution is 6.02. The summed E-state index contributed by atoms with van der Waals surface area (Å²) >= 11 is 0. The summed E-state index contributed by atoms with van der Waals surface area (Å²) < 4.78 is 45.2. The van der Waals surface area contributed by atoms with Gasteiger partial charge in [-0.25, -0.2) is 4.79 Å². The third kappa shape index (κ3) is 3.67. The highest BCUT2D eigenvalue weighted by atomic mass is 19.4. The van der Waals surface area contributed by atoms with Crippen LogP contribution in [0, 0.1) is 0 Å². The minimum atomic E-state index is -4.58. The Bertz CT molecular complexity index is 899. The summed E-state index contributed by atoms with van der Waals surface area (Å²) in [4.78, 5) is 24.8. The summed E-state index contributed by atoms with van der Waals surface area (Å²) in [5.74, 6) is -0.698. The highest BCUT2D eigenvalue weighted by Gasteiger charge is 2.36. The zero-order chi connectivity index (χ0) is 19.8. The van der Waals surface area contributed by atoms with Crippen LogP contribution in [-0.4, -0.2) is 25.0 Å². The Morgan fingerprint density at radius 2 is 1.85 bits per heavy atom. The number of anilines is 1. The molecular weight excluding hydrogens is 363 g/mol. The number of likely N-dealkylation sites (N-methyl/N-ethyl adjacent to an activating group) is 1. The molecule has 3 amide bonds. The van der Waals surface area contributed by atoms with E-state index in [2.05, 4.69) is 5.32 Å². The van der Waals surface area contributed by atoms with E-state index in [9.17, 15) is 22.8 Å². The second-order valence-corrected chi connectivity index (χ2v) is 6.02. The fourth-order valence-electron chi connectivity index (χ4n) is 3.04. The van der Waals surface area contributed by atoms with Crippen LogP contribution < -0.4 is 20.7 Å². The van der Waals surface area contributed by atoms with E-state index in [0.29, 0.717) is 11.3 Å². The first-order valence-corrected chi connectivity index (χ1v) is 7.98. The molecule has 1 aliphatic heterocycles. The number of nitrogens with one attached hydrogen (secondary N) is 1. The van der Waals surface area contributed by atoms with Crippen molar-refractivity contribution in [3.8, 4) is 11.5 Å². The van der Waals surface area contributed by atoms with Crippen LogP contribution in [0.5, 0.6) is 11.5 Å². The Morgan fingerprint density at radius 3 is 2.52 bits per heavy atom. The van der Waals surface area contributed by atoms with Crippen LogP contribution >= 0.6 is 0 Å². The minimum absolute atomic E-state index is 0.109. The van der Waals surface area contributed by atoms with Gasteiger partial charge >= 0.3 is 12.2 Å². The van der Waals surface area contributed by atoms with Gasteiger partial charge in [-0.1, -0.05) is 24.3 Å². The summed E-state index contributed by atoms with van der Waals surface area (Å²) in [5.41, 5.74) is 5.16. The first kappa shape index (κ1) is 18.6. The Labute approximate surface area is 152 Å². The standard InChI is InChI=1S/C18H16F3N3O3/c1-24-15-10(9-12(16(24)25)23-17(22)26)5-4-8-14(15)27-13-7-3-2-6-11(13)18(19,20)21/h2-8,12H,9H2,1H3,(H3,22,23,26)/t12-/m1/s1. The lowest BCUT2D eigenvalue weighted by Gasteiger charge is -2.33. The van der Waals surface area contributed by atoms with Crippen molar-refractivity contribution in [1.82, 2.24) is 5.32 Å². The third-order valence-electron chi connectivity index (χ3n) is 4.20. The number of hydrogen-bond acceptors (Lipinski definition) is 3. The monoisotopic (exact) mass is 379 g/mol. The summed E-state index contributed by atoms with van der Waals surface area (Å²) in [6, 6.07) is 7.95. The molecule has 1 aliphatic rings. The van der Waals surface area contributed by atoms with Gasteiger partial charge in [0.1, 0.15) is 11.8 Å². The quantitative estimate of drug-likeness (QED) is 0.860. The molecule has 1 atom stereocenters. The first-order chi connectivity index (χ1) is 12.7. The molecule has 1 heterocycles. The van der Waals surface area contributed by atoms with E-state index in [-0.39, 0.29) is 17.9 Å². The third-order valence-corrected chi connectivity index (χ3v) is 4.20. The van der Waals surface area contributed by atoms with E-state index < -0.39 is 29.7 Å². The number of urea groups is 1. The van der Waals surface area contributed by atoms with Gasteiger partial charge in [0.15, 0.2) is 5.75 Å². The minimum Gasteiger partial charge on any atom is -0.455 e. The lowest BCUT2D eigenvalue weighted by Crippen LogP contribution is -2.53. The summed E-state index contributed by atoms with van der Waals surface area (Å²) in [5, 5.41) is 2.36. The second kappa shape index (κ2) is 6.82. The van der Waals surface area contributed by atoms with Gasteiger partial charge < -0.3 is 20.7 Å². The highest BCUT2D eigenvalue weighted by Crippen LogP contribution is 2.42. The summed E-state index contributed by atoms with van der Waals surface area (Å²) in [6.45, 7) is 0. The van der Waals surface area contributed by atoms with Crippen molar-refractivity contribution in [2.45, 2.75) is 18.6 Å². The molecular formula is C18H16F3N3O3. The van der Waals surface area contributed by atoms with Gasteiger partial charge in [-0.2, -0.15) is 13.2 Å². The molecule has 9 heteroatoms. The zero-order valence-electron chi connectivity index (χ0n) is 14.2. The van der Waals surface area contributed by atoms with Gasteiger partial charge in [0.2, 0.25) is 5.91 Å². The van der Waals surface area contributed by atoms with E-state index in [0.717, 1.165) is 6.07 Å². The molecule has 2 aromatic carbocycles. The predicted molar refractivity (Wildman–Crippen MR) is 91.6 cm³/mol. The smallest absolute Gasteiger partial charge is 0.419 e. The van der Waals surface area contributed by atoms with Crippen LogP contribution in [0.3, 0.4) is 0 Å². The number of para-hydroxylation sites is 2. The molecule has 6 nitrogen and oxygen atoms in total. The fraction of sp³-hybridized carbons (Fsp3) is 0.222. The van der Waals surface area contributed by atoms with Crippen molar-refractivity contribution >= 4 is 17.6 Å². The van der Waals surface area contributed by atoms with Crippen LogP contribution in [0.15, 0.2) is 42.5 Å². The number of rotatable bonds is 3. The number of ether oxygens (including phenoxy) is 1. The number of nitrogens with two attached hydrogens (primary N) is 1. The molecule has 3 rings (SSSR count). The number of amides is 3. The SMILES string of the molecule is CN1C(=O)[C@H](NC(N)=O)Cc2cccc(Oc3ccccc3C(F)(F)F)c21. The van der Waals surface area contributed by atoms with E-state index in [1.54, 1.807) is 12.1 Å². The summed E-state index contributed by atoms with van der Waals surface area (Å²) in [6.07, 6.45) is -4.43. The normalized spacial score (nSPS) is 16.7. The number of carbonyl (C=O) groups excluding carboxylic acids is 2. The molecule has 0 saturated heterocycles. The molecule has 3 N–H and O–H groups in total. The van der Waals surface area contributed by atoms with Crippen molar-refractivity contribution in [3.05, 3.63) is 53.6 Å². The first-order valence-electron chi connectivity index (χ1n) is 7.98. The van der Waals surface area contributed by atoms with Crippen molar-refractivity contribution in [2.24, 2.45) is 5.73 Å². The molecule has 0 saturated carbocycles. The second-order valence-electron chi connectivity index (χ2n) is 6.02. The van der Waals surface area contributed by atoms with Gasteiger partial charge in [0.05, 0.1) is 11.3 Å². The maximum Gasteiger partial charge on any atom is 0.419 e. The Hall–Kier alpha value is -3.23. The molecule has 0 radical (unpaired) electrons. The van der Waals surface area contributed by atoms with Crippen LogP contribution in [0.2, 0.25) is 0 Å². The van der Waals surface area contributed by atoms with E-state index >= 15 is 0 Å². The molecule has 0 unspecified atom stereocenters. The van der Waals surface area contributed by atoms with Gasteiger partial charge in [-0.3, -0.25) is 4.79 Å². The zero-order valence-corrected chi connectivity index (χ0v) is 14.2. The largest absolute Gasteiger partial charge is 0.455 e. The molecule has 0 aromatic heterocycles. The van der Waals surface area contributed by atoms with Gasteiger partial charge in [-0.15, -0.1) is 0 Å². The Balaban J connectivity index is 2.00. The molecule has 0 fully saturated rings. The molecule has 0 aliphatic carbocycles. The fourth-order valence-corrected chi connectivity index (χ4v) is 3.04. The summed E-state index contributed by atoms with van der Waals surface area (Å²) in [7, 11) is 1.46. The number of hydrogen-bond donors (Lipinski definition) is 2. The van der Waals surface area contributed by atoms with Crippen LogP contribution in [-0.2, 0) is 17.4 Å². The van der Waals surface area contributed by atoms with Crippen LogP contribution in [0.4, 0.5) is 23.7 Å². The van der Waals surface area contributed by atoms with Crippen molar-refractivity contribution in [3.63, 3.8) is 0 Å². The number of alkyl halides is 3. The molecule has 142 valence electrons. The number of fused-ring (bicyclic) bond motifs is 1. The van der Waals surface area contributed by atoms with E-state index in [1.807, 2.05) is 0 Å². The van der Waals surface area contributed by atoms with E-state index in [4.69, 9.17) is 10.5 Å². The average Bonchev–Trinajstić information content (AvgIpc) is 2.58. The molecule has 0 bridgehead atoms. The van der Waals surface area contributed by atoms with E-state index in [1.165, 1.54) is 36.2 Å². The lowest BCUT2D eigenvalue weighted by atomic mass is 9.97. The molecule has 27 heavy (non-hydrogen) atoms. The Morgan fingerprint density at radius 1 is 1.19 bits per heavy atom. The number of halogens is 3. The predicted octanol–water partition coefficient (Wildman–Crippen LogP) is 3.05. The number of carbonyl (C=O) groups is 2. The van der Waals surface area contributed by atoms with Crippen molar-refractivity contribution in [1.29, 1.82) is 0 Å². The lowest BCUT2D eigenvalue weighted by molar-refractivity contribution is -0.138. The topological polar surface area (TPSA) is 84.7 Å². The average molecular weight is 379 g/mol. The number of benzene rings is 2. The molecule has 2 aromatic rings. The van der Waals surface area contributed by atoms with Crippen LogP contribution in [0.1, 0.15) is 11.1 Å². The van der Waals surface area contributed by atoms with Crippen LogP contribution in [0.25, 0.3) is 0 Å². The van der Waals surface area contributed by atoms with Crippen molar-refractivity contribution < 1.29 is 27.5 Å². The maximum absolute atomic E-state index is 13.2. The maximum atomic E-state index is 13.2. The van der Waals surface area contributed by atoms with Gasteiger partial charge in [0, 0.05) is 13.5 Å². The Kier molecular flexibility index (Phi) is 4.69.